The van der Waals surface area contributed by atoms with Gasteiger partial charge in [0.25, 0.3) is 5.91 Å². The minimum atomic E-state index is -0.310. The van der Waals surface area contributed by atoms with E-state index >= 15 is 0 Å². The number of aromatic amines is 1. The Morgan fingerprint density at radius 3 is 2.58 bits per heavy atom. The number of rotatable bonds is 4. The number of H-pyrrole nitrogens is 1. The quantitative estimate of drug-likeness (QED) is 0.545. The first-order valence-corrected chi connectivity index (χ1v) is 10.1. The van der Waals surface area contributed by atoms with Crippen molar-refractivity contribution in [3.63, 3.8) is 0 Å². The highest BCUT2D eigenvalue weighted by Crippen LogP contribution is 2.22. The zero-order chi connectivity index (χ0) is 21.2. The lowest BCUT2D eigenvalue weighted by Gasteiger charge is -2.31. The number of halogens is 1. The Kier molecular flexibility index (Phi) is 5.03. The maximum absolute atomic E-state index is 13.1. The molecular formula is C23H20FN5O2. The second-order valence-corrected chi connectivity index (χ2v) is 7.48. The summed E-state index contributed by atoms with van der Waals surface area (Å²) in [5.41, 5.74) is 3.40. The van der Waals surface area contributed by atoms with Crippen LogP contribution in [0.2, 0.25) is 0 Å². The number of aromatic nitrogens is 4. The second kappa shape index (κ2) is 8.14. The summed E-state index contributed by atoms with van der Waals surface area (Å²) in [6, 6.07) is 15.4. The zero-order valence-electron chi connectivity index (χ0n) is 16.7. The second-order valence-electron chi connectivity index (χ2n) is 7.48. The summed E-state index contributed by atoms with van der Waals surface area (Å²) in [6.07, 6.45) is 3.04. The smallest absolute Gasteiger partial charge is 0.271 e. The molecule has 0 atom stereocenters. The van der Waals surface area contributed by atoms with E-state index in [0.717, 1.165) is 16.6 Å². The third-order valence-corrected chi connectivity index (χ3v) is 5.39. The Balaban J connectivity index is 1.20. The summed E-state index contributed by atoms with van der Waals surface area (Å²) >= 11 is 0. The Bertz CT molecular complexity index is 1220. The van der Waals surface area contributed by atoms with E-state index in [1.807, 2.05) is 24.3 Å². The van der Waals surface area contributed by atoms with Crippen LogP contribution in [-0.2, 0) is 0 Å². The summed E-state index contributed by atoms with van der Waals surface area (Å²) in [5, 5.41) is 6.99. The van der Waals surface area contributed by atoms with E-state index in [-0.39, 0.29) is 17.8 Å². The number of nitrogens with one attached hydrogen (secondary N) is 1. The third-order valence-electron chi connectivity index (χ3n) is 5.39. The lowest BCUT2D eigenvalue weighted by Crippen LogP contribution is -2.42. The van der Waals surface area contributed by atoms with E-state index in [2.05, 4.69) is 20.2 Å². The van der Waals surface area contributed by atoms with Gasteiger partial charge in [0.1, 0.15) is 17.6 Å². The summed E-state index contributed by atoms with van der Waals surface area (Å²) in [5.74, 6) is 0.0844. The van der Waals surface area contributed by atoms with Gasteiger partial charge in [-0.25, -0.2) is 14.4 Å². The van der Waals surface area contributed by atoms with Crippen LogP contribution >= 0.6 is 0 Å². The van der Waals surface area contributed by atoms with Crippen LogP contribution in [-0.4, -0.2) is 50.2 Å². The van der Waals surface area contributed by atoms with Crippen molar-refractivity contribution >= 4 is 16.9 Å². The fourth-order valence-corrected chi connectivity index (χ4v) is 3.71. The van der Waals surface area contributed by atoms with E-state index in [0.29, 0.717) is 43.2 Å². The number of carbonyl (C=O) groups excluding carboxylic acids is 1. The Morgan fingerprint density at radius 1 is 1.06 bits per heavy atom. The molecule has 1 aliphatic heterocycles. The zero-order valence-corrected chi connectivity index (χ0v) is 16.7. The molecule has 1 N–H and O–H groups in total. The minimum Gasteiger partial charge on any atom is -0.473 e. The lowest BCUT2D eigenvalue weighted by atomic mass is 10.1. The largest absolute Gasteiger partial charge is 0.473 e. The first-order valence-electron chi connectivity index (χ1n) is 10.1. The van der Waals surface area contributed by atoms with Crippen LogP contribution in [0, 0.1) is 5.82 Å². The van der Waals surface area contributed by atoms with Crippen molar-refractivity contribution in [2.45, 2.75) is 18.9 Å². The van der Waals surface area contributed by atoms with Crippen molar-refractivity contribution in [3.8, 4) is 17.1 Å². The van der Waals surface area contributed by atoms with Gasteiger partial charge in [-0.3, -0.25) is 9.89 Å². The molecule has 0 spiro atoms. The molecule has 3 heterocycles. The number of benzene rings is 2. The Hall–Kier alpha value is -3.81. The summed E-state index contributed by atoms with van der Waals surface area (Å²) < 4.78 is 19.1. The first-order chi connectivity index (χ1) is 15.2. The fourth-order valence-electron chi connectivity index (χ4n) is 3.71. The third kappa shape index (κ3) is 4.09. The minimum absolute atomic E-state index is 0.0175. The number of piperidine rings is 1. The molecule has 2 aromatic carbocycles. The molecule has 2 aromatic heterocycles. The molecule has 5 rings (SSSR count). The highest BCUT2D eigenvalue weighted by molar-refractivity contribution is 5.93. The Labute approximate surface area is 177 Å². The van der Waals surface area contributed by atoms with E-state index in [1.54, 1.807) is 29.3 Å². The Morgan fingerprint density at radius 2 is 1.81 bits per heavy atom. The van der Waals surface area contributed by atoms with Crippen LogP contribution in [0.15, 0.2) is 60.8 Å². The van der Waals surface area contributed by atoms with Crippen molar-refractivity contribution < 1.29 is 13.9 Å². The predicted octanol–water partition coefficient (Wildman–Crippen LogP) is 3.84. The number of nitrogens with zero attached hydrogens (tertiary/aromatic N) is 4. The molecule has 0 unspecified atom stereocenters. The van der Waals surface area contributed by atoms with Gasteiger partial charge in [-0.05, 0) is 42.5 Å². The van der Waals surface area contributed by atoms with E-state index < -0.39 is 0 Å². The molecule has 1 amide bonds. The molecule has 156 valence electrons. The van der Waals surface area contributed by atoms with Gasteiger partial charge in [0, 0.05) is 31.5 Å². The van der Waals surface area contributed by atoms with Crippen molar-refractivity contribution in [3.05, 3.63) is 72.3 Å². The van der Waals surface area contributed by atoms with Crippen LogP contribution < -0.4 is 4.74 Å². The normalized spacial score (nSPS) is 14.7. The maximum atomic E-state index is 13.1. The molecule has 7 nitrogen and oxygen atoms in total. The number of hydrogen-bond acceptors (Lipinski definition) is 5. The van der Waals surface area contributed by atoms with Crippen molar-refractivity contribution in [1.82, 2.24) is 25.1 Å². The van der Waals surface area contributed by atoms with Crippen molar-refractivity contribution in [1.29, 1.82) is 0 Å². The molecule has 4 aromatic rings. The molecule has 1 saturated heterocycles. The summed E-state index contributed by atoms with van der Waals surface area (Å²) in [6.45, 7) is 1.16. The molecule has 0 saturated carbocycles. The molecule has 1 aliphatic rings. The molecule has 31 heavy (non-hydrogen) atoms. The standard InChI is InChI=1S/C23H20FN5O2/c24-16-7-5-15(6-8-16)20-13-21(28-27-20)23(30)29-11-9-17(10-12-29)31-22-14-25-18-3-1-2-4-19(18)26-22/h1-8,13-14,17H,9-12H2,(H,27,28). The van der Waals surface area contributed by atoms with Gasteiger partial charge in [0.05, 0.1) is 22.9 Å². The maximum Gasteiger partial charge on any atom is 0.271 e. The number of carbonyl (C=O) groups is 1. The molecule has 0 aliphatic carbocycles. The number of likely N-dealkylation sites (tertiary alicyclic amines) is 1. The SMILES string of the molecule is O=C(c1cc(-c2ccc(F)cc2)n[nH]1)N1CCC(Oc2cnc3ccccc3n2)CC1. The summed E-state index contributed by atoms with van der Waals surface area (Å²) in [7, 11) is 0. The number of para-hydroxylation sites is 2. The van der Waals surface area contributed by atoms with Gasteiger partial charge >= 0.3 is 0 Å². The fraction of sp³-hybridized carbons (Fsp3) is 0.217. The average molecular weight is 417 g/mol. The van der Waals surface area contributed by atoms with Crippen LogP contribution in [0.1, 0.15) is 23.3 Å². The van der Waals surface area contributed by atoms with Crippen LogP contribution in [0.25, 0.3) is 22.3 Å². The van der Waals surface area contributed by atoms with Gasteiger partial charge in [-0.2, -0.15) is 5.10 Å². The molecular weight excluding hydrogens is 397 g/mol. The monoisotopic (exact) mass is 417 g/mol. The van der Waals surface area contributed by atoms with E-state index in [1.165, 1.54) is 12.1 Å². The predicted molar refractivity (Wildman–Crippen MR) is 113 cm³/mol. The number of ether oxygens (including phenoxy) is 1. The highest BCUT2D eigenvalue weighted by Gasteiger charge is 2.26. The highest BCUT2D eigenvalue weighted by atomic mass is 19.1. The van der Waals surface area contributed by atoms with Gasteiger partial charge in [-0.15, -0.1) is 0 Å². The average Bonchev–Trinajstić information content (AvgIpc) is 3.30. The van der Waals surface area contributed by atoms with Gasteiger partial charge < -0.3 is 9.64 Å². The van der Waals surface area contributed by atoms with Crippen LogP contribution in [0.3, 0.4) is 0 Å². The molecule has 8 heteroatoms. The molecule has 0 radical (unpaired) electrons. The number of amides is 1. The van der Waals surface area contributed by atoms with Crippen molar-refractivity contribution in [2.24, 2.45) is 0 Å². The molecule has 0 bridgehead atoms. The number of fused-ring (bicyclic) bond motifs is 1. The van der Waals surface area contributed by atoms with E-state index in [4.69, 9.17) is 4.74 Å². The van der Waals surface area contributed by atoms with E-state index in [9.17, 15) is 9.18 Å². The number of hydrogen-bond donors (Lipinski definition) is 1. The molecule has 1 fully saturated rings. The lowest BCUT2D eigenvalue weighted by molar-refractivity contribution is 0.0582. The first kappa shape index (κ1) is 19.2. The van der Waals surface area contributed by atoms with Gasteiger partial charge in [0.15, 0.2) is 0 Å². The van der Waals surface area contributed by atoms with Crippen molar-refractivity contribution in [2.75, 3.05) is 13.1 Å². The van der Waals surface area contributed by atoms with Crippen LogP contribution in [0.5, 0.6) is 5.88 Å². The summed E-state index contributed by atoms with van der Waals surface area (Å²) in [4.78, 5) is 23.5. The van der Waals surface area contributed by atoms with Crippen LogP contribution in [0.4, 0.5) is 4.39 Å². The van der Waals surface area contributed by atoms with Gasteiger partial charge in [0.2, 0.25) is 5.88 Å². The van der Waals surface area contributed by atoms with Gasteiger partial charge in [-0.1, -0.05) is 12.1 Å². The topological polar surface area (TPSA) is 84.0 Å².